The van der Waals surface area contributed by atoms with E-state index in [2.05, 4.69) is 19.2 Å². The molecule has 1 N–H and O–H groups in total. The normalized spacial score (nSPS) is 23.1. The summed E-state index contributed by atoms with van der Waals surface area (Å²) in [6, 6.07) is 8.96. The van der Waals surface area contributed by atoms with Crippen molar-refractivity contribution in [3.8, 4) is 0 Å². The number of benzene rings is 1. The lowest BCUT2D eigenvalue weighted by Crippen LogP contribution is -2.63. The van der Waals surface area contributed by atoms with E-state index in [1.165, 1.54) is 0 Å². The van der Waals surface area contributed by atoms with Gasteiger partial charge in [0.1, 0.15) is 12.1 Å². The molecule has 1 heterocycles. The quantitative estimate of drug-likeness (QED) is 0.906. The number of piperazine rings is 1. The molecule has 0 aliphatic carbocycles. The second-order valence-corrected chi connectivity index (χ2v) is 5.81. The predicted octanol–water partition coefficient (Wildman–Crippen LogP) is 1.60. The van der Waals surface area contributed by atoms with E-state index < -0.39 is 6.04 Å². The fourth-order valence-electron chi connectivity index (χ4n) is 2.52. The van der Waals surface area contributed by atoms with Crippen molar-refractivity contribution >= 4 is 11.8 Å². The molecule has 0 spiro atoms. The van der Waals surface area contributed by atoms with Crippen LogP contribution in [0.15, 0.2) is 30.3 Å². The first-order valence-corrected chi connectivity index (χ1v) is 7.14. The van der Waals surface area contributed by atoms with Crippen molar-refractivity contribution in [1.29, 1.82) is 0 Å². The second-order valence-electron chi connectivity index (χ2n) is 5.81. The average Bonchev–Trinajstić information content (AvgIpc) is 2.42. The minimum Gasteiger partial charge on any atom is -0.342 e. The number of nitrogens with one attached hydrogen (secondary N) is 1. The molecule has 0 bridgehead atoms. The third kappa shape index (κ3) is 3.18. The molecule has 1 saturated heterocycles. The van der Waals surface area contributed by atoms with E-state index in [9.17, 15) is 9.59 Å². The summed E-state index contributed by atoms with van der Waals surface area (Å²) in [5, 5.41) is 2.84. The highest BCUT2D eigenvalue weighted by atomic mass is 16.2. The Balaban J connectivity index is 2.13. The largest absolute Gasteiger partial charge is 0.342 e. The monoisotopic (exact) mass is 274 g/mol. The van der Waals surface area contributed by atoms with Gasteiger partial charge in [-0.3, -0.25) is 9.59 Å². The van der Waals surface area contributed by atoms with Crippen molar-refractivity contribution in [2.24, 2.45) is 5.92 Å². The molecule has 2 unspecified atom stereocenters. The van der Waals surface area contributed by atoms with Crippen LogP contribution in [0.3, 0.4) is 0 Å². The van der Waals surface area contributed by atoms with Gasteiger partial charge in [-0.15, -0.1) is 0 Å². The van der Waals surface area contributed by atoms with Crippen LogP contribution in [0.4, 0.5) is 0 Å². The molecule has 4 nitrogen and oxygen atoms in total. The van der Waals surface area contributed by atoms with Crippen molar-refractivity contribution < 1.29 is 9.59 Å². The van der Waals surface area contributed by atoms with Gasteiger partial charge in [0.25, 0.3) is 0 Å². The Kier molecular flexibility index (Phi) is 4.42. The van der Waals surface area contributed by atoms with Crippen molar-refractivity contribution in [1.82, 2.24) is 10.2 Å². The molecule has 2 amide bonds. The maximum absolute atomic E-state index is 12.5. The third-order valence-corrected chi connectivity index (χ3v) is 3.59. The van der Waals surface area contributed by atoms with Crippen molar-refractivity contribution in [3.63, 3.8) is 0 Å². The fourth-order valence-corrected chi connectivity index (χ4v) is 2.52. The Labute approximate surface area is 120 Å². The van der Waals surface area contributed by atoms with Gasteiger partial charge in [-0.05, 0) is 18.4 Å². The average molecular weight is 274 g/mol. The van der Waals surface area contributed by atoms with Crippen molar-refractivity contribution in [2.45, 2.75) is 39.3 Å². The summed E-state index contributed by atoms with van der Waals surface area (Å²) in [4.78, 5) is 26.3. The first-order chi connectivity index (χ1) is 9.49. The lowest BCUT2D eigenvalue weighted by Gasteiger charge is -2.38. The molecule has 1 fully saturated rings. The molecule has 20 heavy (non-hydrogen) atoms. The zero-order valence-corrected chi connectivity index (χ0v) is 12.3. The van der Waals surface area contributed by atoms with Crippen molar-refractivity contribution in [2.75, 3.05) is 6.54 Å². The third-order valence-electron chi connectivity index (χ3n) is 3.59. The highest BCUT2D eigenvalue weighted by molar-refractivity contribution is 5.96. The van der Waals surface area contributed by atoms with Crippen LogP contribution in [0, 0.1) is 5.92 Å². The molecule has 0 aromatic heterocycles. The van der Waals surface area contributed by atoms with Crippen LogP contribution in [-0.2, 0) is 16.0 Å². The molecule has 0 radical (unpaired) electrons. The number of rotatable bonds is 4. The highest BCUT2D eigenvalue weighted by Crippen LogP contribution is 2.15. The van der Waals surface area contributed by atoms with E-state index in [4.69, 9.17) is 0 Å². The van der Waals surface area contributed by atoms with Crippen molar-refractivity contribution in [3.05, 3.63) is 35.9 Å². The molecule has 0 saturated carbocycles. The standard InChI is InChI=1S/C16H22N2O2/c1-11(2)10-18-12(3)15(19)17-14(16(18)20)9-13-7-5-4-6-8-13/h4-8,11-12,14H,9-10H2,1-3H3,(H,17,19). The molecule has 1 aromatic rings. The zero-order valence-electron chi connectivity index (χ0n) is 12.3. The van der Waals surface area contributed by atoms with Gasteiger partial charge in [0.05, 0.1) is 0 Å². The molecule has 1 aliphatic rings. The summed E-state index contributed by atoms with van der Waals surface area (Å²) in [7, 11) is 0. The van der Waals surface area contributed by atoms with Gasteiger partial charge in [0.15, 0.2) is 0 Å². The molecule has 1 aromatic carbocycles. The number of carbonyl (C=O) groups is 2. The fraction of sp³-hybridized carbons (Fsp3) is 0.500. The van der Waals surface area contributed by atoms with E-state index in [0.717, 1.165) is 5.56 Å². The van der Waals surface area contributed by atoms with Gasteiger partial charge in [0, 0.05) is 13.0 Å². The summed E-state index contributed by atoms with van der Waals surface area (Å²) in [5.74, 6) is 0.311. The van der Waals surface area contributed by atoms with Gasteiger partial charge in [-0.25, -0.2) is 0 Å². The molecule has 4 heteroatoms. The first-order valence-electron chi connectivity index (χ1n) is 7.14. The minimum absolute atomic E-state index is 0.0228. The van der Waals surface area contributed by atoms with E-state index >= 15 is 0 Å². The number of hydrogen-bond donors (Lipinski definition) is 1. The summed E-state index contributed by atoms with van der Waals surface area (Å²) >= 11 is 0. The summed E-state index contributed by atoms with van der Waals surface area (Å²) in [6.07, 6.45) is 0.548. The number of hydrogen-bond acceptors (Lipinski definition) is 2. The Hall–Kier alpha value is -1.84. The lowest BCUT2D eigenvalue weighted by atomic mass is 10.00. The zero-order chi connectivity index (χ0) is 14.7. The number of amides is 2. The number of nitrogens with zero attached hydrogens (tertiary/aromatic N) is 1. The van der Waals surface area contributed by atoms with Gasteiger partial charge in [0.2, 0.25) is 11.8 Å². The molecular formula is C16H22N2O2. The van der Waals surface area contributed by atoms with Crippen LogP contribution in [-0.4, -0.2) is 35.3 Å². The highest BCUT2D eigenvalue weighted by Gasteiger charge is 2.37. The minimum atomic E-state index is -0.445. The molecule has 108 valence electrons. The van der Waals surface area contributed by atoms with E-state index in [0.29, 0.717) is 18.9 Å². The maximum Gasteiger partial charge on any atom is 0.246 e. The van der Waals surface area contributed by atoms with Crippen LogP contribution in [0.25, 0.3) is 0 Å². The van der Waals surface area contributed by atoms with Crippen LogP contribution in [0.2, 0.25) is 0 Å². The summed E-state index contributed by atoms with van der Waals surface area (Å²) in [6.45, 7) is 6.52. The second kappa shape index (κ2) is 6.07. The molecular weight excluding hydrogens is 252 g/mol. The van der Waals surface area contributed by atoms with Gasteiger partial charge < -0.3 is 10.2 Å². The Morgan fingerprint density at radius 2 is 1.85 bits per heavy atom. The molecule has 1 aliphatic heterocycles. The predicted molar refractivity (Wildman–Crippen MR) is 78.1 cm³/mol. The van der Waals surface area contributed by atoms with Crippen LogP contribution >= 0.6 is 0 Å². The Morgan fingerprint density at radius 3 is 2.45 bits per heavy atom. The van der Waals surface area contributed by atoms with Crippen LogP contribution < -0.4 is 5.32 Å². The molecule has 2 atom stereocenters. The smallest absolute Gasteiger partial charge is 0.246 e. The Bertz CT molecular complexity index is 485. The maximum atomic E-state index is 12.5. The summed E-state index contributed by atoms with van der Waals surface area (Å²) < 4.78 is 0. The Morgan fingerprint density at radius 1 is 1.20 bits per heavy atom. The van der Waals surface area contributed by atoms with E-state index in [1.807, 2.05) is 30.3 Å². The van der Waals surface area contributed by atoms with E-state index in [-0.39, 0.29) is 17.9 Å². The molecule has 2 rings (SSSR count). The summed E-state index contributed by atoms with van der Waals surface area (Å²) in [5.41, 5.74) is 1.06. The topological polar surface area (TPSA) is 49.4 Å². The first kappa shape index (κ1) is 14.6. The van der Waals surface area contributed by atoms with Gasteiger partial charge >= 0.3 is 0 Å². The SMILES string of the molecule is CC(C)CN1C(=O)C(Cc2ccccc2)NC(=O)C1C. The number of carbonyl (C=O) groups excluding carboxylic acids is 2. The lowest BCUT2D eigenvalue weighted by molar-refractivity contribution is -0.149. The van der Waals surface area contributed by atoms with Gasteiger partial charge in [-0.1, -0.05) is 44.2 Å². The van der Waals surface area contributed by atoms with Gasteiger partial charge in [-0.2, -0.15) is 0 Å². The van der Waals surface area contributed by atoms with Crippen LogP contribution in [0.1, 0.15) is 26.3 Å². The van der Waals surface area contributed by atoms with E-state index in [1.54, 1.807) is 11.8 Å². The van der Waals surface area contributed by atoms with Crippen LogP contribution in [0.5, 0.6) is 0 Å².